The van der Waals surface area contributed by atoms with E-state index in [-0.39, 0.29) is 10.6 Å². The Bertz CT molecular complexity index is 957. The minimum Gasteiger partial charge on any atom is -0.296 e. The summed E-state index contributed by atoms with van der Waals surface area (Å²) >= 11 is 6.01. The Kier molecular flexibility index (Phi) is 5.81. The minimum atomic E-state index is -3.76. The number of rotatable bonds is 5. The fourth-order valence-electron chi connectivity index (χ4n) is 3.12. The van der Waals surface area contributed by atoms with Gasteiger partial charge >= 0.3 is 0 Å². The molecule has 0 radical (unpaired) electrons. The normalized spacial score (nSPS) is 16.4. The fourth-order valence-corrected chi connectivity index (χ4v) is 4.77. The molecule has 3 rings (SSSR count). The van der Waals surface area contributed by atoms with Gasteiger partial charge in [0.05, 0.1) is 9.82 Å². The Labute approximate surface area is 163 Å². The Morgan fingerprint density at radius 2 is 1.81 bits per heavy atom. The summed E-state index contributed by atoms with van der Waals surface area (Å²) in [6.45, 7) is 4.13. The van der Waals surface area contributed by atoms with Gasteiger partial charge in [-0.2, -0.15) is 4.31 Å². The van der Waals surface area contributed by atoms with Gasteiger partial charge in [0.15, 0.2) is 0 Å². The monoisotopic (exact) mass is 409 g/mol. The van der Waals surface area contributed by atoms with Crippen molar-refractivity contribution in [1.29, 1.82) is 0 Å². The highest BCUT2D eigenvalue weighted by molar-refractivity contribution is 7.89. The highest BCUT2D eigenvalue weighted by atomic mass is 35.5. The van der Waals surface area contributed by atoms with Gasteiger partial charge in [-0.25, -0.2) is 8.42 Å². The average Bonchev–Trinajstić information content (AvgIpc) is 2.62. The minimum absolute atomic E-state index is 0.0388. The Balaban J connectivity index is 1.69. The van der Waals surface area contributed by atoms with Crippen molar-refractivity contribution < 1.29 is 13.3 Å². The molecule has 27 heavy (non-hydrogen) atoms. The van der Waals surface area contributed by atoms with Gasteiger partial charge in [0.25, 0.3) is 5.69 Å². The molecule has 144 valence electrons. The first kappa shape index (κ1) is 19.8. The van der Waals surface area contributed by atoms with Crippen LogP contribution in [0.25, 0.3) is 0 Å². The predicted molar refractivity (Wildman–Crippen MR) is 103 cm³/mol. The maximum absolute atomic E-state index is 12.9. The lowest BCUT2D eigenvalue weighted by molar-refractivity contribution is -0.385. The van der Waals surface area contributed by atoms with Crippen LogP contribution in [0.2, 0.25) is 5.02 Å². The maximum Gasteiger partial charge on any atom is 0.273 e. The highest BCUT2D eigenvalue weighted by Crippen LogP contribution is 2.25. The molecular formula is C18H20ClN3O4S. The third-order valence-electron chi connectivity index (χ3n) is 4.64. The molecule has 0 unspecified atom stereocenters. The zero-order chi connectivity index (χ0) is 19.6. The molecule has 1 aliphatic rings. The lowest BCUT2D eigenvalue weighted by Gasteiger charge is -2.34. The summed E-state index contributed by atoms with van der Waals surface area (Å²) in [6.07, 6.45) is 0. The molecule has 0 amide bonds. The summed E-state index contributed by atoms with van der Waals surface area (Å²) < 4.78 is 27.1. The van der Waals surface area contributed by atoms with Gasteiger partial charge in [-0.15, -0.1) is 0 Å². The standard InChI is InChI=1S/C18H20ClN3O4S/c1-14-5-6-17(12-18(14)22(23)24)27(25,26)21-9-7-20(8-10-21)13-15-3-2-4-16(19)11-15/h2-6,11-12H,7-10,13H2,1H3. The molecule has 9 heteroatoms. The van der Waals surface area contributed by atoms with E-state index >= 15 is 0 Å². The number of hydrogen-bond acceptors (Lipinski definition) is 5. The van der Waals surface area contributed by atoms with Crippen LogP contribution in [0.15, 0.2) is 47.4 Å². The fraction of sp³-hybridized carbons (Fsp3) is 0.333. The molecule has 1 aliphatic heterocycles. The van der Waals surface area contributed by atoms with Gasteiger partial charge in [0.2, 0.25) is 10.0 Å². The number of nitro benzene ring substituents is 1. The first-order chi connectivity index (χ1) is 12.8. The second-order valence-corrected chi connectivity index (χ2v) is 8.89. The molecule has 1 heterocycles. The third kappa shape index (κ3) is 4.47. The van der Waals surface area contributed by atoms with Gasteiger partial charge in [0, 0.05) is 49.4 Å². The summed E-state index contributed by atoms with van der Waals surface area (Å²) in [4.78, 5) is 12.7. The summed E-state index contributed by atoms with van der Waals surface area (Å²) in [5, 5.41) is 11.8. The Morgan fingerprint density at radius 3 is 2.44 bits per heavy atom. The quantitative estimate of drug-likeness (QED) is 0.559. The molecule has 1 fully saturated rings. The second kappa shape index (κ2) is 7.93. The van der Waals surface area contributed by atoms with Crippen molar-refractivity contribution in [2.24, 2.45) is 0 Å². The van der Waals surface area contributed by atoms with Crippen molar-refractivity contribution in [2.45, 2.75) is 18.4 Å². The first-order valence-electron chi connectivity index (χ1n) is 8.49. The zero-order valence-corrected chi connectivity index (χ0v) is 16.4. The largest absolute Gasteiger partial charge is 0.296 e. The number of piperazine rings is 1. The lowest BCUT2D eigenvalue weighted by atomic mass is 10.2. The smallest absolute Gasteiger partial charge is 0.273 e. The van der Waals surface area contributed by atoms with Gasteiger partial charge in [-0.05, 0) is 30.7 Å². The second-order valence-electron chi connectivity index (χ2n) is 6.52. The van der Waals surface area contributed by atoms with Crippen molar-refractivity contribution in [3.05, 3.63) is 68.7 Å². The molecule has 2 aromatic rings. The van der Waals surface area contributed by atoms with E-state index in [1.54, 1.807) is 6.92 Å². The van der Waals surface area contributed by atoms with Crippen LogP contribution in [0.3, 0.4) is 0 Å². The predicted octanol–water partition coefficient (Wildman–Crippen LogP) is 3.06. The number of hydrogen-bond donors (Lipinski definition) is 0. The summed E-state index contributed by atoms with van der Waals surface area (Å²) in [5.74, 6) is 0. The Morgan fingerprint density at radius 1 is 1.11 bits per heavy atom. The number of aryl methyl sites for hydroxylation is 1. The average molecular weight is 410 g/mol. The SMILES string of the molecule is Cc1ccc(S(=O)(=O)N2CCN(Cc3cccc(Cl)c3)CC2)cc1[N+](=O)[O-]. The number of sulfonamides is 1. The van der Waals surface area contributed by atoms with E-state index < -0.39 is 14.9 Å². The van der Waals surface area contributed by atoms with Crippen LogP contribution < -0.4 is 0 Å². The molecule has 7 nitrogen and oxygen atoms in total. The number of benzene rings is 2. The van der Waals surface area contributed by atoms with E-state index in [2.05, 4.69) is 4.90 Å². The molecule has 0 atom stereocenters. The van der Waals surface area contributed by atoms with Crippen LogP contribution in [0, 0.1) is 17.0 Å². The van der Waals surface area contributed by atoms with Gasteiger partial charge in [0.1, 0.15) is 0 Å². The van der Waals surface area contributed by atoms with Crippen LogP contribution in [-0.2, 0) is 16.6 Å². The topological polar surface area (TPSA) is 83.8 Å². The molecule has 0 saturated carbocycles. The number of nitrogens with zero attached hydrogens (tertiary/aromatic N) is 3. The van der Waals surface area contributed by atoms with E-state index in [0.29, 0.717) is 43.3 Å². The van der Waals surface area contributed by atoms with Crippen LogP contribution in [-0.4, -0.2) is 48.7 Å². The molecule has 2 aromatic carbocycles. The summed E-state index contributed by atoms with van der Waals surface area (Å²) in [7, 11) is -3.76. The van der Waals surface area contributed by atoms with Gasteiger partial charge < -0.3 is 0 Å². The summed E-state index contributed by atoms with van der Waals surface area (Å²) in [6, 6.07) is 11.6. The molecule has 0 N–H and O–H groups in total. The third-order valence-corrected chi connectivity index (χ3v) is 6.77. The van der Waals surface area contributed by atoms with Crippen LogP contribution in [0.5, 0.6) is 0 Å². The highest BCUT2D eigenvalue weighted by Gasteiger charge is 2.30. The van der Waals surface area contributed by atoms with E-state index in [4.69, 9.17) is 11.6 Å². The molecule has 0 bridgehead atoms. The number of halogens is 1. The molecular weight excluding hydrogens is 390 g/mol. The van der Waals surface area contributed by atoms with Crippen molar-refractivity contribution in [3.8, 4) is 0 Å². The van der Waals surface area contributed by atoms with Crippen molar-refractivity contribution in [3.63, 3.8) is 0 Å². The van der Waals surface area contributed by atoms with E-state index in [1.807, 2.05) is 24.3 Å². The Hall–Kier alpha value is -2.00. The van der Waals surface area contributed by atoms with Gasteiger partial charge in [-0.3, -0.25) is 15.0 Å². The van der Waals surface area contributed by atoms with E-state index in [0.717, 1.165) is 11.6 Å². The number of nitro groups is 1. The zero-order valence-electron chi connectivity index (χ0n) is 14.8. The van der Waals surface area contributed by atoms with Crippen LogP contribution in [0.4, 0.5) is 5.69 Å². The summed E-state index contributed by atoms with van der Waals surface area (Å²) in [5.41, 5.74) is 1.33. The molecule has 0 aliphatic carbocycles. The first-order valence-corrected chi connectivity index (χ1v) is 10.3. The van der Waals surface area contributed by atoms with Crippen LogP contribution in [0.1, 0.15) is 11.1 Å². The van der Waals surface area contributed by atoms with Gasteiger partial charge in [-0.1, -0.05) is 29.8 Å². The maximum atomic E-state index is 12.9. The lowest BCUT2D eigenvalue weighted by Crippen LogP contribution is -2.48. The molecule has 1 saturated heterocycles. The molecule has 0 aromatic heterocycles. The van der Waals surface area contributed by atoms with E-state index in [9.17, 15) is 18.5 Å². The molecule has 0 spiro atoms. The van der Waals surface area contributed by atoms with E-state index in [1.165, 1.54) is 16.4 Å². The van der Waals surface area contributed by atoms with Crippen molar-refractivity contribution >= 4 is 27.3 Å². The van der Waals surface area contributed by atoms with Crippen molar-refractivity contribution in [2.75, 3.05) is 26.2 Å². The van der Waals surface area contributed by atoms with Crippen LogP contribution >= 0.6 is 11.6 Å². The van der Waals surface area contributed by atoms with Crippen molar-refractivity contribution in [1.82, 2.24) is 9.21 Å².